The van der Waals surface area contributed by atoms with Crippen LogP contribution in [0.3, 0.4) is 0 Å². The van der Waals surface area contributed by atoms with E-state index in [-0.39, 0.29) is 53.1 Å². The topological polar surface area (TPSA) is 100 Å². The number of aliphatic hydroxyl groups excluding tert-OH is 1. The van der Waals surface area contributed by atoms with Crippen molar-refractivity contribution in [3.8, 4) is 11.3 Å². The van der Waals surface area contributed by atoms with Gasteiger partial charge in [0.15, 0.2) is 5.76 Å². The highest BCUT2D eigenvalue weighted by molar-refractivity contribution is 6.33. The van der Waals surface area contributed by atoms with Gasteiger partial charge < -0.3 is 24.3 Å². The van der Waals surface area contributed by atoms with Gasteiger partial charge in [0.25, 0.3) is 0 Å². The van der Waals surface area contributed by atoms with Crippen LogP contribution >= 0.6 is 11.6 Å². The van der Waals surface area contributed by atoms with Crippen LogP contribution in [0, 0.1) is 23.2 Å². The number of carbonyl (C=O) groups excluding carboxylic acids is 2. The summed E-state index contributed by atoms with van der Waals surface area (Å²) in [6, 6.07) is 21.2. The summed E-state index contributed by atoms with van der Waals surface area (Å²) in [6.07, 6.45) is 2.59. The van der Waals surface area contributed by atoms with Crippen LogP contribution in [-0.2, 0) is 23.9 Å². The summed E-state index contributed by atoms with van der Waals surface area (Å²) in [5, 5.41) is 24.4. The van der Waals surface area contributed by atoms with Crippen molar-refractivity contribution in [3.05, 3.63) is 129 Å². The predicted octanol–water partition coefficient (Wildman–Crippen LogP) is 13.0. The molecule has 8 rings (SSSR count). The SMILES string of the molecule is CC1=CCCC2(C)C(CCC2(O)CN(Cc2ccccc2)C(=O)OC2CC(C)CCC2C(C)C)c2ccc(cc2C(=O)c2ccc(-c3cc(C(F)(F)F)ccc3Cl)o2)CC(O)CC1. The van der Waals surface area contributed by atoms with E-state index in [1.807, 2.05) is 42.5 Å². The van der Waals surface area contributed by atoms with Gasteiger partial charge in [-0.2, -0.15) is 13.2 Å². The lowest BCUT2D eigenvalue weighted by molar-refractivity contribution is -0.137. The van der Waals surface area contributed by atoms with Crippen molar-refractivity contribution in [1.82, 2.24) is 4.90 Å². The lowest BCUT2D eigenvalue weighted by Crippen LogP contribution is -2.54. The number of nitrogens with zero attached hydrogens (tertiary/aromatic N) is 1. The van der Waals surface area contributed by atoms with E-state index < -0.39 is 40.7 Å². The van der Waals surface area contributed by atoms with E-state index in [0.717, 1.165) is 54.2 Å². The first kappa shape index (κ1) is 46.6. The Hall–Kier alpha value is -4.38. The number of halogens is 4. The van der Waals surface area contributed by atoms with Gasteiger partial charge in [-0.15, -0.1) is 0 Å². The van der Waals surface area contributed by atoms with Crippen LogP contribution in [0.5, 0.6) is 0 Å². The molecule has 4 aliphatic rings. The first-order chi connectivity index (χ1) is 29.8. The number of ketones is 1. The minimum Gasteiger partial charge on any atom is -0.453 e. The van der Waals surface area contributed by atoms with Gasteiger partial charge in [-0.25, -0.2) is 4.79 Å². The van der Waals surface area contributed by atoms with Crippen molar-refractivity contribution >= 4 is 23.5 Å². The van der Waals surface area contributed by atoms with Crippen molar-refractivity contribution in [2.75, 3.05) is 6.54 Å². The minimum absolute atomic E-state index is 0.00480. The Balaban J connectivity index is 1.27. The Kier molecular flexibility index (Phi) is 14.1. The maximum Gasteiger partial charge on any atom is 0.416 e. The molecule has 2 N–H and O–H groups in total. The minimum atomic E-state index is -4.61. The Morgan fingerprint density at radius 2 is 1.75 bits per heavy atom. The number of ether oxygens (including phenoxy) is 1. The van der Waals surface area contributed by atoms with Gasteiger partial charge in [-0.05, 0) is 141 Å². The highest BCUT2D eigenvalue weighted by Gasteiger charge is 2.58. The number of aliphatic hydroxyl groups is 2. The largest absolute Gasteiger partial charge is 0.453 e. The molecule has 7 unspecified atom stereocenters. The quantitative estimate of drug-likeness (QED) is 0.128. The molecule has 2 fully saturated rings. The molecule has 2 saturated carbocycles. The van der Waals surface area contributed by atoms with Gasteiger partial charge in [-0.1, -0.05) is 99.8 Å². The number of hydrogen-bond donors (Lipinski definition) is 2. The number of rotatable bonds is 9. The van der Waals surface area contributed by atoms with E-state index >= 15 is 0 Å². The fraction of sp³-hybridized carbons (Fsp3) is 0.500. The third-order valence-electron chi connectivity index (χ3n) is 14.4. The second-order valence-corrected chi connectivity index (χ2v) is 19.6. The number of alkyl halides is 3. The van der Waals surface area contributed by atoms with Crippen molar-refractivity contribution in [3.63, 3.8) is 0 Å². The zero-order chi connectivity index (χ0) is 45.3. The number of benzene rings is 3. The molecule has 4 aromatic rings. The second-order valence-electron chi connectivity index (χ2n) is 19.2. The Labute approximate surface area is 374 Å². The number of allylic oxidation sites excluding steroid dienone is 2. The molecular weight excluding hydrogens is 827 g/mol. The van der Waals surface area contributed by atoms with E-state index in [9.17, 15) is 33.0 Å². The van der Waals surface area contributed by atoms with Crippen molar-refractivity contribution in [2.24, 2.45) is 23.2 Å². The van der Waals surface area contributed by atoms with Gasteiger partial charge in [0, 0.05) is 23.1 Å². The molecule has 0 spiro atoms. The van der Waals surface area contributed by atoms with Gasteiger partial charge >= 0.3 is 12.3 Å². The molecular formula is C52H61ClF3NO6. The molecule has 11 heteroatoms. The van der Waals surface area contributed by atoms with Crippen LogP contribution in [0.15, 0.2) is 94.9 Å². The summed E-state index contributed by atoms with van der Waals surface area (Å²) >= 11 is 6.37. The van der Waals surface area contributed by atoms with Crippen LogP contribution in [0.1, 0.15) is 137 Å². The normalized spacial score (nSPS) is 26.8. The van der Waals surface area contributed by atoms with Crippen molar-refractivity contribution < 1.29 is 42.1 Å². The van der Waals surface area contributed by atoms with Crippen LogP contribution in [0.2, 0.25) is 5.02 Å². The molecule has 7 nitrogen and oxygen atoms in total. The zero-order valence-electron chi connectivity index (χ0n) is 37.0. The molecule has 4 aliphatic carbocycles. The summed E-state index contributed by atoms with van der Waals surface area (Å²) in [5.74, 6) is 0.103. The first-order valence-corrected chi connectivity index (χ1v) is 22.9. The summed E-state index contributed by atoms with van der Waals surface area (Å²) in [5.41, 5.74) is 0.648. The average Bonchev–Trinajstić information content (AvgIpc) is 3.82. The second kappa shape index (κ2) is 19.0. The van der Waals surface area contributed by atoms with Crippen LogP contribution in [0.4, 0.5) is 18.0 Å². The smallest absolute Gasteiger partial charge is 0.416 e. The van der Waals surface area contributed by atoms with E-state index in [1.165, 1.54) is 12.1 Å². The molecule has 3 aromatic carbocycles. The van der Waals surface area contributed by atoms with E-state index in [1.54, 1.807) is 11.0 Å². The molecule has 0 saturated heterocycles. The Morgan fingerprint density at radius 3 is 2.48 bits per heavy atom. The molecule has 0 radical (unpaired) electrons. The number of amides is 1. The van der Waals surface area contributed by atoms with Crippen LogP contribution < -0.4 is 0 Å². The van der Waals surface area contributed by atoms with Crippen LogP contribution in [0.25, 0.3) is 11.3 Å². The summed E-state index contributed by atoms with van der Waals surface area (Å²) < 4.78 is 53.6. The number of fused-ring (bicyclic) bond motifs is 8. The highest BCUT2D eigenvalue weighted by atomic mass is 35.5. The fourth-order valence-corrected chi connectivity index (χ4v) is 10.8. The van der Waals surface area contributed by atoms with Gasteiger partial charge in [0.1, 0.15) is 11.9 Å². The average molecular weight is 889 g/mol. The van der Waals surface area contributed by atoms with Gasteiger partial charge in [-0.3, -0.25) is 4.79 Å². The first-order valence-electron chi connectivity index (χ1n) is 22.5. The van der Waals surface area contributed by atoms with E-state index in [2.05, 4.69) is 40.7 Å². The van der Waals surface area contributed by atoms with Gasteiger partial charge in [0.05, 0.1) is 28.8 Å². The molecule has 1 heterocycles. The highest BCUT2D eigenvalue weighted by Crippen LogP contribution is 2.59. The molecule has 63 heavy (non-hydrogen) atoms. The third kappa shape index (κ3) is 10.3. The molecule has 2 bridgehead atoms. The van der Waals surface area contributed by atoms with Crippen molar-refractivity contribution in [1.29, 1.82) is 0 Å². The van der Waals surface area contributed by atoms with E-state index in [0.29, 0.717) is 67.9 Å². The molecule has 1 aromatic heterocycles. The number of carbonyl (C=O) groups is 2. The fourth-order valence-electron chi connectivity index (χ4n) is 10.6. The number of hydrogen-bond acceptors (Lipinski definition) is 6. The Morgan fingerprint density at radius 1 is 0.984 bits per heavy atom. The summed E-state index contributed by atoms with van der Waals surface area (Å²) in [6.45, 7) is 10.9. The lowest BCUT2D eigenvalue weighted by atomic mass is 9.64. The molecule has 1 amide bonds. The summed E-state index contributed by atoms with van der Waals surface area (Å²) in [7, 11) is 0. The van der Waals surface area contributed by atoms with Gasteiger partial charge in [0.2, 0.25) is 5.78 Å². The summed E-state index contributed by atoms with van der Waals surface area (Å²) in [4.78, 5) is 31.0. The maximum atomic E-state index is 14.8. The molecule has 338 valence electrons. The molecule has 7 atom stereocenters. The monoisotopic (exact) mass is 887 g/mol. The van der Waals surface area contributed by atoms with E-state index in [4.69, 9.17) is 20.8 Å². The van der Waals surface area contributed by atoms with Crippen LogP contribution in [-0.4, -0.2) is 51.3 Å². The molecule has 0 aliphatic heterocycles. The maximum absolute atomic E-state index is 14.8. The number of furan rings is 1. The lowest BCUT2D eigenvalue weighted by Gasteiger charge is -2.46. The van der Waals surface area contributed by atoms with Crippen molar-refractivity contribution in [2.45, 2.75) is 135 Å². The Bertz CT molecular complexity index is 2290. The third-order valence-corrected chi connectivity index (χ3v) is 14.8. The predicted molar refractivity (Wildman–Crippen MR) is 239 cm³/mol. The zero-order valence-corrected chi connectivity index (χ0v) is 37.8. The standard InChI is InChI=1S/C52H61ClF3NO6/c1-32(2)39-18-14-34(4)26-47(39)63-49(60)57(30-35-11-7-6-8-12-35)31-51(61)25-23-43-40-19-15-36(27-38(58)17-13-33(3)10-9-24-50(43,51)5)28-41(40)48(59)46-22-21-45(62-46)42-29-37(52(54,55)56)16-20-44(42)53/h6-8,10-12,15-16,19-22,28-29,32,34,38-39,43,47,58,61H,9,13-14,17-18,23-27,30-31H2,1-5H3.